The smallest absolute Gasteiger partial charge is 0.351 e. The summed E-state index contributed by atoms with van der Waals surface area (Å²) in [4.78, 5) is 34.1. The predicted molar refractivity (Wildman–Crippen MR) is 64.6 cm³/mol. The van der Waals surface area contributed by atoms with Crippen LogP contribution in [-0.4, -0.2) is 49.6 Å². The Hall–Kier alpha value is -1.33. The van der Waals surface area contributed by atoms with Crippen LogP contribution in [0.1, 0.15) is 6.23 Å². The van der Waals surface area contributed by atoms with Crippen LogP contribution in [0.15, 0.2) is 17.1 Å². The molecule has 1 aromatic heterocycles. The third-order valence-corrected chi connectivity index (χ3v) is 3.34. The summed E-state index contributed by atoms with van der Waals surface area (Å²) in [7, 11) is -4.99. The Morgan fingerprint density at radius 2 is 2.19 bits per heavy atom. The first-order chi connectivity index (χ1) is 9.69. The number of phosphoric acid groups is 1. The van der Waals surface area contributed by atoms with Gasteiger partial charge in [0.25, 0.3) is 7.82 Å². The van der Waals surface area contributed by atoms with E-state index in [0.29, 0.717) is 0 Å². The molecule has 0 bridgehead atoms. The van der Waals surface area contributed by atoms with Gasteiger partial charge >= 0.3 is 5.69 Å². The lowest BCUT2D eigenvalue weighted by Gasteiger charge is -2.20. The Kier molecular flexibility index (Phi) is 4.44. The van der Waals surface area contributed by atoms with Crippen molar-refractivity contribution in [3.05, 3.63) is 22.7 Å². The van der Waals surface area contributed by atoms with Gasteiger partial charge in [0.2, 0.25) is 0 Å². The second-order valence-electron chi connectivity index (χ2n) is 4.35. The molecule has 1 saturated heterocycles. The number of ether oxygens (including phenoxy) is 1. The fourth-order valence-electron chi connectivity index (χ4n) is 1.88. The largest absolute Gasteiger partial charge is 0.756 e. The molecular formula is C9H13N3O8P-. The van der Waals surface area contributed by atoms with Gasteiger partial charge in [0.15, 0.2) is 6.23 Å². The SMILES string of the molecule is Nc1ccn(C2OC(COP(=O)([O-])O)C(O)C2O)c(=O)n1. The average molecular weight is 322 g/mol. The number of aromatic nitrogens is 2. The van der Waals surface area contributed by atoms with Crippen LogP contribution in [-0.2, 0) is 13.8 Å². The number of nitrogens with zero attached hydrogens (tertiary/aromatic N) is 2. The second-order valence-corrected chi connectivity index (χ2v) is 5.55. The van der Waals surface area contributed by atoms with E-state index in [2.05, 4.69) is 9.51 Å². The summed E-state index contributed by atoms with van der Waals surface area (Å²) in [6.45, 7) is -0.719. The minimum atomic E-state index is -4.99. The summed E-state index contributed by atoms with van der Waals surface area (Å²) < 4.78 is 20.7. The van der Waals surface area contributed by atoms with Crippen LogP contribution >= 0.6 is 7.82 Å². The van der Waals surface area contributed by atoms with E-state index >= 15 is 0 Å². The minimum absolute atomic E-state index is 0.0308. The summed E-state index contributed by atoms with van der Waals surface area (Å²) in [5.41, 5.74) is 4.50. The fourth-order valence-corrected chi connectivity index (χ4v) is 2.22. The fraction of sp³-hybridized carbons (Fsp3) is 0.556. The highest BCUT2D eigenvalue weighted by atomic mass is 31.2. The molecule has 1 fully saturated rings. The zero-order valence-corrected chi connectivity index (χ0v) is 11.4. The third kappa shape index (κ3) is 3.66. The molecule has 1 aliphatic rings. The molecule has 21 heavy (non-hydrogen) atoms. The Morgan fingerprint density at radius 1 is 1.52 bits per heavy atom. The lowest BCUT2D eigenvalue weighted by molar-refractivity contribution is -0.222. The van der Waals surface area contributed by atoms with Crippen molar-refractivity contribution in [3.8, 4) is 0 Å². The molecule has 0 aromatic carbocycles. The Balaban J connectivity index is 2.16. The van der Waals surface area contributed by atoms with Gasteiger partial charge in [-0.1, -0.05) is 0 Å². The highest BCUT2D eigenvalue weighted by Crippen LogP contribution is 2.34. The lowest BCUT2D eigenvalue weighted by atomic mass is 10.1. The normalized spacial score (nSPS) is 32.0. The molecule has 1 aliphatic heterocycles. The van der Waals surface area contributed by atoms with E-state index in [1.54, 1.807) is 0 Å². The number of rotatable bonds is 4. The van der Waals surface area contributed by atoms with Crippen LogP contribution in [0.5, 0.6) is 0 Å². The number of nitrogens with two attached hydrogens (primary N) is 1. The number of hydrogen-bond donors (Lipinski definition) is 4. The van der Waals surface area contributed by atoms with E-state index in [-0.39, 0.29) is 5.82 Å². The molecule has 5 N–H and O–H groups in total. The van der Waals surface area contributed by atoms with Crippen molar-refractivity contribution in [3.63, 3.8) is 0 Å². The van der Waals surface area contributed by atoms with Crippen molar-refractivity contribution in [1.29, 1.82) is 0 Å². The summed E-state index contributed by atoms with van der Waals surface area (Å²) in [5, 5.41) is 19.6. The number of hydrogen-bond acceptors (Lipinski definition) is 9. The summed E-state index contributed by atoms with van der Waals surface area (Å²) in [6.07, 6.45) is -4.39. The number of nitrogen functional groups attached to an aromatic ring is 1. The molecule has 0 radical (unpaired) electrons. The van der Waals surface area contributed by atoms with Gasteiger partial charge in [-0.15, -0.1) is 0 Å². The molecule has 12 heteroatoms. The molecule has 0 aliphatic carbocycles. The van der Waals surface area contributed by atoms with Crippen LogP contribution < -0.4 is 16.3 Å². The molecule has 5 atom stereocenters. The van der Waals surface area contributed by atoms with Gasteiger partial charge in [-0.25, -0.2) is 4.79 Å². The molecule has 11 nitrogen and oxygen atoms in total. The van der Waals surface area contributed by atoms with Crippen molar-refractivity contribution in [1.82, 2.24) is 9.55 Å². The lowest BCUT2D eigenvalue weighted by Crippen LogP contribution is -2.36. The topological polar surface area (TPSA) is 180 Å². The molecule has 2 rings (SSSR count). The van der Waals surface area contributed by atoms with Gasteiger partial charge in [-0.3, -0.25) is 9.13 Å². The molecule has 5 unspecified atom stereocenters. The van der Waals surface area contributed by atoms with Crippen molar-refractivity contribution < 1.29 is 33.8 Å². The quantitative estimate of drug-likeness (QED) is 0.415. The monoisotopic (exact) mass is 322 g/mol. The Morgan fingerprint density at radius 3 is 2.76 bits per heavy atom. The maximum absolute atomic E-state index is 11.6. The molecule has 118 valence electrons. The zero-order chi connectivity index (χ0) is 15.8. The molecule has 0 saturated carbocycles. The Bertz CT molecular complexity index is 615. The van der Waals surface area contributed by atoms with Crippen LogP contribution in [0, 0.1) is 0 Å². The first kappa shape index (κ1) is 16.0. The molecule has 0 spiro atoms. The van der Waals surface area contributed by atoms with Gasteiger partial charge < -0.3 is 35.0 Å². The zero-order valence-electron chi connectivity index (χ0n) is 10.5. The maximum Gasteiger partial charge on any atom is 0.351 e. The number of anilines is 1. The van der Waals surface area contributed by atoms with Crippen molar-refractivity contribution in [2.45, 2.75) is 24.5 Å². The van der Waals surface area contributed by atoms with Crippen molar-refractivity contribution in [2.24, 2.45) is 0 Å². The second kappa shape index (κ2) is 5.81. The maximum atomic E-state index is 11.6. The highest BCUT2D eigenvalue weighted by Gasteiger charge is 2.44. The van der Waals surface area contributed by atoms with Crippen LogP contribution in [0.25, 0.3) is 0 Å². The predicted octanol–water partition coefficient (Wildman–Crippen LogP) is -3.08. The van der Waals surface area contributed by atoms with Crippen molar-refractivity contribution in [2.75, 3.05) is 12.3 Å². The summed E-state index contributed by atoms with van der Waals surface area (Å²) in [6, 6.07) is 1.28. The number of phosphoric ester groups is 1. The van der Waals surface area contributed by atoms with E-state index in [0.717, 1.165) is 4.57 Å². The average Bonchev–Trinajstić information content (AvgIpc) is 2.64. The molecule has 2 heterocycles. The highest BCUT2D eigenvalue weighted by molar-refractivity contribution is 7.44. The Labute approximate surface area is 117 Å². The van der Waals surface area contributed by atoms with E-state index in [9.17, 15) is 24.5 Å². The van der Waals surface area contributed by atoms with Gasteiger partial charge in [0.1, 0.15) is 24.1 Å². The van der Waals surface area contributed by atoms with Gasteiger partial charge in [-0.05, 0) is 6.07 Å². The standard InChI is InChI=1S/C9H14N3O8P/c10-5-1-2-12(9(15)11-5)8-7(14)6(13)4(20-8)3-19-21(16,17)18/h1-2,4,6-8,13-14H,3H2,(H2,10,11,15)(H2,16,17,18)/p-1. The summed E-state index contributed by atoms with van der Waals surface area (Å²) in [5.74, 6) is -0.0308. The number of aliphatic hydroxyl groups excluding tert-OH is 2. The van der Waals surface area contributed by atoms with Gasteiger partial charge in [-0.2, -0.15) is 4.98 Å². The summed E-state index contributed by atoms with van der Waals surface area (Å²) >= 11 is 0. The van der Waals surface area contributed by atoms with Crippen LogP contribution in [0.3, 0.4) is 0 Å². The van der Waals surface area contributed by atoms with Crippen LogP contribution in [0.2, 0.25) is 0 Å². The first-order valence-electron chi connectivity index (χ1n) is 5.73. The van der Waals surface area contributed by atoms with Gasteiger partial charge in [0, 0.05) is 6.20 Å². The first-order valence-corrected chi connectivity index (χ1v) is 7.23. The van der Waals surface area contributed by atoms with Gasteiger partial charge in [0.05, 0.1) is 6.61 Å². The third-order valence-electron chi connectivity index (χ3n) is 2.86. The van der Waals surface area contributed by atoms with E-state index in [1.165, 1.54) is 12.3 Å². The minimum Gasteiger partial charge on any atom is -0.756 e. The molecule has 0 amide bonds. The van der Waals surface area contributed by atoms with Crippen LogP contribution in [0.4, 0.5) is 5.82 Å². The van der Waals surface area contributed by atoms with E-state index in [1.807, 2.05) is 0 Å². The molecular weight excluding hydrogens is 309 g/mol. The van der Waals surface area contributed by atoms with E-state index < -0.39 is 44.7 Å². The van der Waals surface area contributed by atoms with E-state index in [4.69, 9.17) is 15.4 Å². The number of aliphatic hydroxyl groups is 2. The molecule has 1 aromatic rings. The van der Waals surface area contributed by atoms with Crippen molar-refractivity contribution >= 4 is 13.6 Å².